The number of aromatic nitrogens is 1. The number of halogens is 1. The van der Waals surface area contributed by atoms with Gasteiger partial charge in [0.1, 0.15) is 0 Å². The van der Waals surface area contributed by atoms with Gasteiger partial charge in [-0.15, -0.1) is 11.6 Å². The maximum absolute atomic E-state index is 11.9. The van der Waals surface area contributed by atoms with Crippen molar-refractivity contribution < 1.29 is 4.79 Å². The number of Topliss-reactive ketones (excluding diaryl/α,β-unsaturated/α-hetero) is 1. The highest BCUT2D eigenvalue weighted by Gasteiger charge is 2.11. The van der Waals surface area contributed by atoms with Crippen LogP contribution >= 0.6 is 11.6 Å². The average molecular weight is 236 g/mol. The van der Waals surface area contributed by atoms with E-state index in [-0.39, 0.29) is 5.78 Å². The molecule has 2 aromatic rings. The van der Waals surface area contributed by atoms with Gasteiger partial charge >= 0.3 is 0 Å². The summed E-state index contributed by atoms with van der Waals surface area (Å²) >= 11 is 5.59. The van der Waals surface area contributed by atoms with E-state index in [0.29, 0.717) is 12.3 Å². The molecule has 0 fully saturated rings. The zero-order valence-electron chi connectivity index (χ0n) is 9.22. The van der Waals surface area contributed by atoms with Crippen LogP contribution in [0, 0.1) is 6.92 Å². The van der Waals surface area contributed by atoms with Crippen LogP contribution in [0.15, 0.2) is 24.4 Å². The van der Waals surface area contributed by atoms with Crippen LogP contribution in [0.2, 0.25) is 0 Å². The summed E-state index contributed by atoms with van der Waals surface area (Å²) in [4.78, 5) is 15.0. The molecular weight excluding hydrogens is 222 g/mol. The van der Waals surface area contributed by atoms with Crippen LogP contribution < -0.4 is 0 Å². The van der Waals surface area contributed by atoms with Crippen molar-refractivity contribution in [3.63, 3.8) is 0 Å². The van der Waals surface area contributed by atoms with E-state index in [9.17, 15) is 4.79 Å². The number of rotatable bonds is 4. The molecule has 0 saturated carbocycles. The SMILES string of the molecule is Cc1ccc2c(C(=O)CCCCl)c[nH]c2c1. The molecule has 1 heterocycles. The summed E-state index contributed by atoms with van der Waals surface area (Å²) in [6, 6.07) is 6.07. The van der Waals surface area contributed by atoms with Crippen molar-refractivity contribution in [2.24, 2.45) is 0 Å². The molecule has 2 rings (SSSR count). The van der Waals surface area contributed by atoms with Crippen LogP contribution in [0.25, 0.3) is 10.9 Å². The molecule has 16 heavy (non-hydrogen) atoms. The van der Waals surface area contributed by atoms with E-state index >= 15 is 0 Å². The third kappa shape index (κ3) is 2.12. The van der Waals surface area contributed by atoms with Crippen LogP contribution in [-0.4, -0.2) is 16.6 Å². The Kier molecular flexibility index (Phi) is 3.30. The van der Waals surface area contributed by atoms with Gasteiger partial charge in [0, 0.05) is 35.0 Å². The first-order valence-electron chi connectivity index (χ1n) is 5.39. The summed E-state index contributed by atoms with van der Waals surface area (Å²) in [6.45, 7) is 2.04. The highest BCUT2D eigenvalue weighted by atomic mass is 35.5. The maximum atomic E-state index is 11.9. The molecule has 0 atom stereocenters. The van der Waals surface area contributed by atoms with E-state index in [0.717, 1.165) is 22.9 Å². The topological polar surface area (TPSA) is 32.9 Å². The molecule has 0 aliphatic rings. The van der Waals surface area contributed by atoms with Gasteiger partial charge in [0.2, 0.25) is 0 Å². The van der Waals surface area contributed by atoms with Crippen molar-refractivity contribution in [2.45, 2.75) is 19.8 Å². The summed E-state index contributed by atoms with van der Waals surface area (Å²) in [7, 11) is 0. The van der Waals surface area contributed by atoms with Gasteiger partial charge < -0.3 is 4.98 Å². The smallest absolute Gasteiger partial charge is 0.165 e. The number of ketones is 1. The number of H-pyrrole nitrogens is 1. The Bertz CT molecular complexity index is 516. The number of alkyl halides is 1. The Morgan fingerprint density at radius 1 is 1.44 bits per heavy atom. The normalized spacial score (nSPS) is 10.9. The number of benzene rings is 1. The number of hydrogen-bond donors (Lipinski definition) is 1. The third-order valence-electron chi connectivity index (χ3n) is 2.68. The van der Waals surface area contributed by atoms with E-state index in [4.69, 9.17) is 11.6 Å². The highest BCUT2D eigenvalue weighted by Crippen LogP contribution is 2.21. The van der Waals surface area contributed by atoms with Crippen LogP contribution in [0.5, 0.6) is 0 Å². The molecule has 1 aromatic heterocycles. The first kappa shape index (κ1) is 11.2. The van der Waals surface area contributed by atoms with Crippen molar-refractivity contribution in [3.8, 4) is 0 Å². The molecule has 0 aliphatic carbocycles. The van der Waals surface area contributed by atoms with Crippen molar-refractivity contribution in [2.75, 3.05) is 5.88 Å². The van der Waals surface area contributed by atoms with Crippen molar-refractivity contribution >= 4 is 28.3 Å². The van der Waals surface area contributed by atoms with E-state index in [2.05, 4.69) is 4.98 Å². The number of fused-ring (bicyclic) bond motifs is 1. The molecule has 1 N–H and O–H groups in total. The van der Waals surface area contributed by atoms with Gasteiger partial charge in [-0.25, -0.2) is 0 Å². The van der Waals surface area contributed by atoms with Gasteiger partial charge in [0.05, 0.1) is 0 Å². The first-order valence-corrected chi connectivity index (χ1v) is 5.92. The maximum Gasteiger partial charge on any atom is 0.165 e. The van der Waals surface area contributed by atoms with Gasteiger partial charge in [-0.1, -0.05) is 12.1 Å². The summed E-state index contributed by atoms with van der Waals surface area (Å²) in [6.07, 6.45) is 3.05. The fourth-order valence-electron chi connectivity index (χ4n) is 1.83. The number of aromatic amines is 1. The van der Waals surface area contributed by atoms with Crippen LogP contribution in [0.3, 0.4) is 0 Å². The van der Waals surface area contributed by atoms with E-state index in [1.54, 1.807) is 6.20 Å². The quantitative estimate of drug-likeness (QED) is 0.637. The molecule has 0 aliphatic heterocycles. The number of nitrogens with one attached hydrogen (secondary N) is 1. The minimum atomic E-state index is 0.163. The predicted octanol–water partition coefficient (Wildman–Crippen LogP) is 3.68. The Morgan fingerprint density at radius 2 is 2.25 bits per heavy atom. The van der Waals surface area contributed by atoms with Gasteiger partial charge in [0.25, 0.3) is 0 Å². The summed E-state index contributed by atoms with van der Waals surface area (Å²) in [5, 5.41) is 1.00. The second-order valence-electron chi connectivity index (χ2n) is 3.97. The molecule has 0 bridgehead atoms. The minimum absolute atomic E-state index is 0.163. The number of carbonyl (C=O) groups is 1. The van der Waals surface area contributed by atoms with Crippen molar-refractivity contribution in [1.29, 1.82) is 0 Å². The zero-order valence-corrected chi connectivity index (χ0v) is 9.97. The first-order chi connectivity index (χ1) is 7.72. The summed E-state index contributed by atoms with van der Waals surface area (Å²) < 4.78 is 0. The fourth-order valence-corrected chi connectivity index (χ4v) is 1.97. The van der Waals surface area contributed by atoms with Crippen LogP contribution in [-0.2, 0) is 0 Å². The lowest BCUT2D eigenvalue weighted by molar-refractivity contribution is 0.0983. The lowest BCUT2D eigenvalue weighted by atomic mass is 10.1. The Balaban J connectivity index is 2.34. The molecule has 2 nitrogen and oxygen atoms in total. The molecule has 3 heteroatoms. The van der Waals surface area contributed by atoms with E-state index < -0.39 is 0 Å². The van der Waals surface area contributed by atoms with E-state index in [1.165, 1.54) is 5.56 Å². The Hall–Kier alpha value is -1.28. The Labute approximate surface area is 99.6 Å². The van der Waals surface area contributed by atoms with Crippen LogP contribution in [0.1, 0.15) is 28.8 Å². The van der Waals surface area contributed by atoms with Gasteiger partial charge in [-0.2, -0.15) is 0 Å². The second-order valence-corrected chi connectivity index (χ2v) is 4.35. The lowest BCUT2D eigenvalue weighted by Gasteiger charge is -1.98. The molecular formula is C13H14ClNO. The van der Waals surface area contributed by atoms with Crippen molar-refractivity contribution in [3.05, 3.63) is 35.5 Å². The average Bonchev–Trinajstić information content (AvgIpc) is 2.68. The number of aryl methyl sites for hydroxylation is 1. The van der Waals surface area contributed by atoms with E-state index in [1.807, 2.05) is 25.1 Å². The van der Waals surface area contributed by atoms with Gasteiger partial charge in [-0.05, 0) is 25.0 Å². The van der Waals surface area contributed by atoms with Gasteiger partial charge in [0.15, 0.2) is 5.78 Å². The molecule has 84 valence electrons. The zero-order chi connectivity index (χ0) is 11.5. The summed E-state index contributed by atoms with van der Waals surface area (Å²) in [5.41, 5.74) is 2.99. The van der Waals surface area contributed by atoms with Crippen LogP contribution in [0.4, 0.5) is 0 Å². The number of hydrogen-bond acceptors (Lipinski definition) is 1. The monoisotopic (exact) mass is 235 g/mol. The molecule has 0 spiro atoms. The molecule has 0 radical (unpaired) electrons. The molecule has 1 aromatic carbocycles. The van der Waals surface area contributed by atoms with Crippen molar-refractivity contribution in [1.82, 2.24) is 4.98 Å². The Morgan fingerprint density at radius 3 is 3.00 bits per heavy atom. The molecule has 0 saturated heterocycles. The molecule has 0 amide bonds. The summed E-state index contributed by atoms with van der Waals surface area (Å²) in [5.74, 6) is 0.698. The lowest BCUT2D eigenvalue weighted by Crippen LogP contribution is -1.97. The highest BCUT2D eigenvalue weighted by molar-refractivity contribution is 6.18. The second kappa shape index (κ2) is 4.71. The predicted molar refractivity (Wildman–Crippen MR) is 67.3 cm³/mol. The third-order valence-corrected chi connectivity index (χ3v) is 2.94. The standard InChI is InChI=1S/C13H14ClNO/c1-9-4-5-10-11(8-15-12(10)7-9)13(16)3-2-6-14/h4-5,7-8,15H,2-3,6H2,1H3. The minimum Gasteiger partial charge on any atom is -0.360 e. The fraction of sp³-hybridized carbons (Fsp3) is 0.308. The molecule has 0 unspecified atom stereocenters. The van der Waals surface area contributed by atoms with Gasteiger partial charge in [-0.3, -0.25) is 4.79 Å². The number of carbonyl (C=O) groups excluding carboxylic acids is 1. The largest absolute Gasteiger partial charge is 0.360 e.